The maximum Gasteiger partial charge on any atom is 0.262 e. The number of carbonyl (C=O) groups excluding carboxylic acids is 1. The maximum atomic E-state index is 12.1. The van der Waals surface area contributed by atoms with Gasteiger partial charge in [0.15, 0.2) is 6.61 Å². The maximum absolute atomic E-state index is 12.1. The molecule has 0 aliphatic carbocycles. The van der Waals surface area contributed by atoms with Crippen molar-refractivity contribution < 1.29 is 9.53 Å². The fourth-order valence-electron chi connectivity index (χ4n) is 2.48. The lowest BCUT2D eigenvalue weighted by atomic mass is 10.1. The Morgan fingerprint density at radius 2 is 1.64 bits per heavy atom. The standard InChI is InChI=1S/C21H18INO2/c1-15-13-18(22)9-12-20(15)23-21(24)14-25-19-10-7-17(8-11-19)16-5-3-2-4-6-16/h2-13H,14H2,1H3,(H,23,24). The quantitative estimate of drug-likeness (QED) is 0.545. The molecule has 1 N–H and O–H groups in total. The average Bonchev–Trinajstić information content (AvgIpc) is 2.63. The van der Waals surface area contributed by atoms with Crippen LogP contribution >= 0.6 is 22.6 Å². The van der Waals surface area contributed by atoms with Crippen LogP contribution in [0.2, 0.25) is 0 Å². The molecule has 0 fully saturated rings. The molecule has 0 aliphatic heterocycles. The zero-order valence-electron chi connectivity index (χ0n) is 13.8. The molecule has 3 nitrogen and oxygen atoms in total. The summed E-state index contributed by atoms with van der Waals surface area (Å²) in [5, 5.41) is 2.88. The normalized spacial score (nSPS) is 10.3. The number of rotatable bonds is 5. The molecule has 25 heavy (non-hydrogen) atoms. The molecule has 0 unspecified atom stereocenters. The Morgan fingerprint density at radius 1 is 0.960 bits per heavy atom. The summed E-state index contributed by atoms with van der Waals surface area (Å²) < 4.78 is 6.72. The van der Waals surface area contributed by atoms with Gasteiger partial charge >= 0.3 is 0 Å². The van der Waals surface area contributed by atoms with Gasteiger partial charge in [0, 0.05) is 9.26 Å². The molecule has 0 bridgehead atoms. The van der Waals surface area contributed by atoms with Crippen molar-refractivity contribution in [2.45, 2.75) is 6.92 Å². The van der Waals surface area contributed by atoms with E-state index in [0.29, 0.717) is 5.75 Å². The van der Waals surface area contributed by atoms with Gasteiger partial charge in [-0.05, 0) is 76.5 Å². The van der Waals surface area contributed by atoms with Crippen LogP contribution in [0, 0.1) is 10.5 Å². The van der Waals surface area contributed by atoms with Gasteiger partial charge in [-0.15, -0.1) is 0 Å². The molecule has 3 aromatic carbocycles. The molecule has 0 atom stereocenters. The number of hydrogen-bond acceptors (Lipinski definition) is 2. The molecule has 126 valence electrons. The van der Waals surface area contributed by atoms with Crippen LogP contribution in [0.25, 0.3) is 11.1 Å². The van der Waals surface area contributed by atoms with E-state index in [2.05, 4.69) is 40.0 Å². The number of aryl methyl sites for hydroxylation is 1. The predicted octanol–water partition coefficient (Wildman–Crippen LogP) is 5.28. The second kappa shape index (κ2) is 8.16. The first-order valence-corrected chi connectivity index (χ1v) is 9.04. The predicted molar refractivity (Wildman–Crippen MR) is 110 cm³/mol. The number of hydrogen-bond donors (Lipinski definition) is 1. The van der Waals surface area contributed by atoms with Gasteiger partial charge in [0.2, 0.25) is 0 Å². The van der Waals surface area contributed by atoms with E-state index in [1.54, 1.807) is 0 Å². The monoisotopic (exact) mass is 443 g/mol. The first-order valence-electron chi connectivity index (χ1n) is 7.96. The fraction of sp³-hybridized carbons (Fsp3) is 0.0952. The van der Waals surface area contributed by atoms with Crippen molar-refractivity contribution in [3.8, 4) is 16.9 Å². The van der Waals surface area contributed by atoms with Crippen LogP contribution in [-0.4, -0.2) is 12.5 Å². The molecular formula is C21H18INO2. The van der Waals surface area contributed by atoms with E-state index in [0.717, 1.165) is 25.9 Å². The highest BCUT2D eigenvalue weighted by atomic mass is 127. The van der Waals surface area contributed by atoms with Gasteiger partial charge < -0.3 is 10.1 Å². The van der Waals surface area contributed by atoms with Crippen LogP contribution in [0.1, 0.15) is 5.56 Å². The van der Waals surface area contributed by atoms with Crippen molar-refractivity contribution in [3.05, 3.63) is 81.9 Å². The third-order valence-corrected chi connectivity index (χ3v) is 4.46. The topological polar surface area (TPSA) is 38.3 Å². The van der Waals surface area contributed by atoms with Crippen molar-refractivity contribution in [2.24, 2.45) is 0 Å². The highest BCUT2D eigenvalue weighted by Crippen LogP contribution is 2.22. The van der Waals surface area contributed by atoms with Crippen molar-refractivity contribution in [2.75, 3.05) is 11.9 Å². The van der Waals surface area contributed by atoms with Gasteiger partial charge in [-0.2, -0.15) is 0 Å². The molecule has 0 saturated carbocycles. The highest BCUT2D eigenvalue weighted by Gasteiger charge is 2.06. The molecule has 4 heteroatoms. The molecule has 1 amide bonds. The van der Waals surface area contributed by atoms with Gasteiger partial charge in [-0.25, -0.2) is 0 Å². The first-order chi connectivity index (χ1) is 12.1. The summed E-state index contributed by atoms with van der Waals surface area (Å²) in [4.78, 5) is 12.1. The van der Waals surface area contributed by atoms with Crippen LogP contribution in [0.5, 0.6) is 5.75 Å². The smallest absolute Gasteiger partial charge is 0.262 e. The van der Waals surface area contributed by atoms with Gasteiger partial charge in [0.05, 0.1) is 0 Å². The lowest BCUT2D eigenvalue weighted by Crippen LogP contribution is -2.20. The van der Waals surface area contributed by atoms with Crippen LogP contribution in [0.3, 0.4) is 0 Å². The van der Waals surface area contributed by atoms with E-state index >= 15 is 0 Å². The number of halogens is 1. The van der Waals surface area contributed by atoms with E-state index in [-0.39, 0.29) is 12.5 Å². The zero-order valence-corrected chi connectivity index (χ0v) is 16.0. The number of benzene rings is 3. The Labute approximate surface area is 161 Å². The third kappa shape index (κ3) is 4.82. The molecule has 3 aromatic rings. The number of carbonyl (C=O) groups is 1. The van der Waals surface area contributed by atoms with Gasteiger partial charge in [-0.3, -0.25) is 4.79 Å². The number of amides is 1. The lowest BCUT2D eigenvalue weighted by Gasteiger charge is -2.10. The molecule has 0 heterocycles. The molecule has 0 aliphatic rings. The van der Waals surface area contributed by atoms with E-state index in [1.807, 2.05) is 67.6 Å². The van der Waals surface area contributed by atoms with E-state index in [1.165, 1.54) is 0 Å². The number of anilines is 1. The molecular weight excluding hydrogens is 425 g/mol. The number of ether oxygens (including phenoxy) is 1. The van der Waals surface area contributed by atoms with Crippen molar-refractivity contribution in [3.63, 3.8) is 0 Å². The molecule has 0 aromatic heterocycles. The molecule has 0 spiro atoms. The minimum absolute atomic E-state index is 0.0177. The van der Waals surface area contributed by atoms with Gasteiger partial charge in [0.1, 0.15) is 5.75 Å². The summed E-state index contributed by atoms with van der Waals surface area (Å²) in [6.07, 6.45) is 0. The van der Waals surface area contributed by atoms with Crippen LogP contribution in [-0.2, 0) is 4.79 Å². The minimum Gasteiger partial charge on any atom is -0.484 e. The first kappa shape index (κ1) is 17.5. The summed E-state index contributed by atoms with van der Waals surface area (Å²) in [6.45, 7) is 1.96. The van der Waals surface area contributed by atoms with E-state index in [4.69, 9.17) is 4.74 Å². The third-order valence-electron chi connectivity index (χ3n) is 3.79. The molecule has 3 rings (SSSR count). The average molecular weight is 443 g/mol. The highest BCUT2D eigenvalue weighted by molar-refractivity contribution is 14.1. The zero-order chi connectivity index (χ0) is 17.6. The Morgan fingerprint density at radius 3 is 2.32 bits per heavy atom. The summed E-state index contributed by atoms with van der Waals surface area (Å²) in [5.41, 5.74) is 4.12. The summed E-state index contributed by atoms with van der Waals surface area (Å²) in [7, 11) is 0. The van der Waals surface area contributed by atoms with Crippen molar-refractivity contribution in [1.29, 1.82) is 0 Å². The Bertz CT molecular complexity index is 861. The van der Waals surface area contributed by atoms with E-state index < -0.39 is 0 Å². The Kier molecular flexibility index (Phi) is 5.71. The summed E-state index contributed by atoms with van der Waals surface area (Å²) in [5.74, 6) is 0.505. The van der Waals surface area contributed by atoms with Gasteiger partial charge in [-0.1, -0.05) is 42.5 Å². The second-order valence-electron chi connectivity index (χ2n) is 5.69. The summed E-state index contributed by atoms with van der Waals surface area (Å²) >= 11 is 2.25. The number of nitrogens with one attached hydrogen (secondary N) is 1. The lowest BCUT2D eigenvalue weighted by molar-refractivity contribution is -0.118. The Balaban J connectivity index is 1.57. The molecule has 0 radical (unpaired) electrons. The molecule has 0 saturated heterocycles. The van der Waals surface area contributed by atoms with Crippen molar-refractivity contribution in [1.82, 2.24) is 0 Å². The van der Waals surface area contributed by atoms with Crippen LogP contribution in [0.4, 0.5) is 5.69 Å². The van der Waals surface area contributed by atoms with Crippen molar-refractivity contribution >= 4 is 34.2 Å². The largest absolute Gasteiger partial charge is 0.484 e. The Hall–Kier alpha value is -2.34. The summed E-state index contributed by atoms with van der Waals surface area (Å²) in [6, 6.07) is 23.8. The fourth-order valence-corrected chi connectivity index (χ4v) is 3.12. The van der Waals surface area contributed by atoms with Crippen LogP contribution < -0.4 is 10.1 Å². The van der Waals surface area contributed by atoms with Gasteiger partial charge in [0.25, 0.3) is 5.91 Å². The minimum atomic E-state index is -0.170. The SMILES string of the molecule is Cc1cc(I)ccc1NC(=O)COc1ccc(-c2ccccc2)cc1. The van der Waals surface area contributed by atoms with Crippen LogP contribution in [0.15, 0.2) is 72.8 Å². The second-order valence-corrected chi connectivity index (χ2v) is 6.93. The van der Waals surface area contributed by atoms with E-state index in [9.17, 15) is 4.79 Å².